The van der Waals surface area contributed by atoms with Crippen LogP contribution in [0.4, 0.5) is 5.69 Å². The second-order valence-corrected chi connectivity index (χ2v) is 6.56. The number of nitrogens with zero attached hydrogens (tertiary/aromatic N) is 2. The van der Waals surface area contributed by atoms with E-state index in [9.17, 15) is 9.59 Å². The monoisotopic (exact) mass is 362 g/mol. The van der Waals surface area contributed by atoms with E-state index in [1.807, 2.05) is 24.4 Å². The number of amides is 2. The minimum atomic E-state index is -0.312. The fourth-order valence-electron chi connectivity index (χ4n) is 2.90. The maximum absolute atomic E-state index is 12.2. The average molecular weight is 362 g/mol. The number of hydrazone groups is 1. The normalized spacial score (nSPS) is 11.3. The van der Waals surface area contributed by atoms with Crippen molar-refractivity contribution in [3.63, 3.8) is 0 Å². The van der Waals surface area contributed by atoms with Gasteiger partial charge in [-0.3, -0.25) is 9.59 Å². The summed E-state index contributed by atoms with van der Waals surface area (Å²) in [6, 6.07) is 15.1. The maximum Gasteiger partial charge on any atom is 0.271 e. The molecule has 6 heteroatoms. The largest absolute Gasteiger partial charge is 0.344 e. The Morgan fingerprint density at radius 2 is 1.78 bits per heavy atom. The lowest BCUT2D eigenvalue weighted by molar-refractivity contribution is -0.114. The predicted molar refractivity (Wildman–Crippen MR) is 108 cm³/mol. The van der Waals surface area contributed by atoms with E-state index in [0.29, 0.717) is 17.3 Å². The van der Waals surface area contributed by atoms with Gasteiger partial charge < -0.3 is 9.88 Å². The molecule has 0 unspecified atom stereocenters. The third kappa shape index (κ3) is 4.23. The first-order valence-corrected chi connectivity index (χ1v) is 8.76. The molecule has 3 aromatic rings. The molecule has 0 aliphatic rings. The molecule has 1 heterocycles. The molecular weight excluding hydrogens is 340 g/mol. The zero-order valence-corrected chi connectivity index (χ0v) is 15.6. The van der Waals surface area contributed by atoms with Crippen LogP contribution in [0.3, 0.4) is 0 Å². The van der Waals surface area contributed by atoms with E-state index in [4.69, 9.17) is 0 Å². The minimum absolute atomic E-state index is 0.155. The number of carbonyl (C=O) groups excluding carboxylic acids is 2. The van der Waals surface area contributed by atoms with Gasteiger partial charge in [-0.25, -0.2) is 5.43 Å². The summed E-state index contributed by atoms with van der Waals surface area (Å²) in [5.41, 5.74) is 5.73. The van der Waals surface area contributed by atoms with Gasteiger partial charge in [-0.15, -0.1) is 0 Å². The van der Waals surface area contributed by atoms with Gasteiger partial charge >= 0.3 is 0 Å². The summed E-state index contributed by atoms with van der Waals surface area (Å²) in [7, 11) is 0. The Hall–Kier alpha value is -3.41. The van der Waals surface area contributed by atoms with Crippen LogP contribution in [0.25, 0.3) is 10.9 Å². The molecule has 138 valence electrons. The summed E-state index contributed by atoms with van der Waals surface area (Å²) in [4.78, 5) is 23.3. The first-order chi connectivity index (χ1) is 13.0. The molecule has 0 saturated carbocycles. The lowest BCUT2D eigenvalue weighted by Gasteiger charge is -2.08. The van der Waals surface area contributed by atoms with Crippen molar-refractivity contribution in [2.24, 2.45) is 5.10 Å². The zero-order chi connectivity index (χ0) is 19.4. The molecule has 27 heavy (non-hydrogen) atoms. The molecule has 2 aromatic carbocycles. The standard InChI is InChI=1S/C21H22N4O2/c1-14(2)25-13-17(19-6-4-5-7-20(19)25)12-22-24-21(27)16-8-10-18(11-9-16)23-15(3)26/h4-14H,1-3H3,(H,23,26)(H,24,27). The van der Waals surface area contributed by atoms with Crippen molar-refractivity contribution >= 4 is 34.6 Å². The second-order valence-electron chi connectivity index (χ2n) is 6.56. The van der Waals surface area contributed by atoms with E-state index >= 15 is 0 Å². The van der Waals surface area contributed by atoms with Crippen LogP contribution in [0, 0.1) is 0 Å². The van der Waals surface area contributed by atoms with Gasteiger partial charge in [0.15, 0.2) is 0 Å². The average Bonchev–Trinajstić information content (AvgIpc) is 3.01. The van der Waals surface area contributed by atoms with Gasteiger partial charge in [0.25, 0.3) is 5.91 Å². The molecule has 0 aliphatic carbocycles. The first kappa shape index (κ1) is 18.4. The predicted octanol–water partition coefficient (Wildman–Crippen LogP) is 3.94. The number of nitrogens with one attached hydrogen (secondary N) is 2. The van der Waals surface area contributed by atoms with E-state index in [1.165, 1.54) is 6.92 Å². The van der Waals surface area contributed by atoms with E-state index < -0.39 is 0 Å². The summed E-state index contributed by atoms with van der Waals surface area (Å²) in [5.74, 6) is -0.467. The van der Waals surface area contributed by atoms with Gasteiger partial charge in [-0.2, -0.15) is 5.10 Å². The van der Waals surface area contributed by atoms with E-state index in [2.05, 4.69) is 40.3 Å². The Morgan fingerprint density at radius 3 is 2.44 bits per heavy atom. The molecule has 0 radical (unpaired) electrons. The van der Waals surface area contributed by atoms with Crippen molar-refractivity contribution in [3.8, 4) is 0 Å². The number of anilines is 1. The van der Waals surface area contributed by atoms with Crippen LogP contribution < -0.4 is 10.7 Å². The summed E-state index contributed by atoms with van der Waals surface area (Å²) < 4.78 is 2.18. The third-order valence-corrected chi connectivity index (χ3v) is 4.16. The highest BCUT2D eigenvalue weighted by molar-refractivity contribution is 6.00. The highest BCUT2D eigenvalue weighted by Crippen LogP contribution is 2.23. The van der Waals surface area contributed by atoms with Crippen LogP contribution in [0.5, 0.6) is 0 Å². The fourth-order valence-corrected chi connectivity index (χ4v) is 2.90. The molecule has 3 rings (SSSR count). The molecular formula is C21H22N4O2. The number of hydrogen-bond donors (Lipinski definition) is 2. The lowest BCUT2D eigenvalue weighted by atomic mass is 10.2. The van der Waals surface area contributed by atoms with Crippen molar-refractivity contribution in [1.29, 1.82) is 0 Å². The molecule has 2 N–H and O–H groups in total. The fraction of sp³-hybridized carbons (Fsp3) is 0.190. The third-order valence-electron chi connectivity index (χ3n) is 4.16. The molecule has 0 spiro atoms. The summed E-state index contributed by atoms with van der Waals surface area (Å²) in [5, 5.41) is 7.85. The molecule has 0 atom stereocenters. The Morgan fingerprint density at radius 1 is 1.07 bits per heavy atom. The zero-order valence-electron chi connectivity index (χ0n) is 15.6. The van der Waals surface area contributed by atoms with Gasteiger partial charge in [0.05, 0.1) is 6.21 Å². The maximum atomic E-state index is 12.2. The molecule has 0 saturated heterocycles. The van der Waals surface area contributed by atoms with Crippen LogP contribution in [-0.2, 0) is 4.79 Å². The van der Waals surface area contributed by atoms with Gasteiger partial charge in [0, 0.05) is 46.9 Å². The molecule has 1 aromatic heterocycles. The van der Waals surface area contributed by atoms with Gasteiger partial charge in [0.1, 0.15) is 0 Å². The van der Waals surface area contributed by atoms with Crippen molar-refractivity contribution in [2.75, 3.05) is 5.32 Å². The summed E-state index contributed by atoms with van der Waals surface area (Å²) in [6.45, 7) is 5.69. The van der Waals surface area contributed by atoms with Crippen LogP contribution in [-0.4, -0.2) is 22.6 Å². The van der Waals surface area contributed by atoms with E-state index in [1.54, 1.807) is 30.5 Å². The van der Waals surface area contributed by atoms with Gasteiger partial charge in [0.2, 0.25) is 5.91 Å². The first-order valence-electron chi connectivity index (χ1n) is 8.76. The quantitative estimate of drug-likeness (QED) is 0.533. The Labute approximate surface area is 157 Å². The van der Waals surface area contributed by atoms with Crippen LogP contribution in [0.15, 0.2) is 59.8 Å². The van der Waals surface area contributed by atoms with Crippen molar-refractivity contribution < 1.29 is 9.59 Å². The summed E-state index contributed by atoms with van der Waals surface area (Å²) in [6.07, 6.45) is 3.69. The Balaban J connectivity index is 1.73. The minimum Gasteiger partial charge on any atom is -0.344 e. The van der Waals surface area contributed by atoms with Crippen LogP contribution in [0.2, 0.25) is 0 Å². The number of para-hydroxylation sites is 1. The van der Waals surface area contributed by atoms with Crippen molar-refractivity contribution in [2.45, 2.75) is 26.8 Å². The molecule has 0 aliphatic heterocycles. The second kappa shape index (κ2) is 7.86. The number of hydrogen-bond acceptors (Lipinski definition) is 3. The van der Waals surface area contributed by atoms with Gasteiger partial charge in [-0.05, 0) is 44.2 Å². The topological polar surface area (TPSA) is 75.5 Å². The van der Waals surface area contributed by atoms with E-state index in [0.717, 1.165) is 16.5 Å². The number of aromatic nitrogens is 1. The Bertz CT molecular complexity index is 1000. The van der Waals surface area contributed by atoms with Crippen molar-refractivity contribution in [1.82, 2.24) is 9.99 Å². The van der Waals surface area contributed by atoms with Crippen molar-refractivity contribution in [3.05, 3.63) is 65.9 Å². The molecule has 2 amide bonds. The number of rotatable bonds is 5. The number of carbonyl (C=O) groups is 2. The SMILES string of the molecule is CC(=O)Nc1ccc(C(=O)NN=Cc2cn(C(C)C)c3ccccc23)cc1. The van der Waals surface area contributed by atoms with Crippen LogP contribution >= 0.6 is 0 Å². The molecule has 6 nitrogen and oxygen atoms in total. The van der Waals surface area contributed by atoms with E-state index in [-0.39, 0.29) is 11.8 Å². The molecule has 0 bridgehead atoms. The summed E-state index contributed by atoms with van der Waals surface area (Å²) >= 11 is 0. The highest BCUT2D eigenvalue weighted by atomic mass is 16.2. The molecule has 0 fully saturated rings. The number of benzene rings is 2. The van der Waals surface area contributed by atoms with Crippen LogP contribution in [0.1, 0.15) is 42.7 Å². The lowest BCUT2D eigenvalue weighted by Crippen LogP contribution is -2.17. The smallest absolute Gasteiger partial charge is 0.271 e. The Kier molecular flexibility index (Phi) is 5.35. The number of fused-ring (bicyclic) bond motifs is 1. The highest BCUT2D eigenvalue weighted by Gasteiger charge is 2.09. The van der Waals surface area contributed by atoms with Gasteiger partial charge in [-0.1, -0.05) is 18.2 Å².